The summed E-state index contributed by atoms with van der Waals surface area (Å²) >= 11 is 0. The largest absolute Gasteiger partial charge is 0.396 e. The summed E-state index contributed by atoms with van der Waals surface area (Å²) in [5.41, 5.74) is 5.89. The SMILES string of the molecule is CCC(Cn1cc(N)cn1)CC(F)(F)F. The molecule has 0 bridgehead atoms. The van der Waals surface area contributed by atoms with Crippen molar-refractivity contribution in [3.05, 3.63) is 12.4 Å². The van der Waals surface area contributed by atoms with Gasteiger partial charge in [-0.1, -0.05) is 13.3 Å². The molecule has 0 spiro atoms. The van der Waals surface area contributed by atoms with Crippen LogP contribution in [0.3, 0.4) is 0 Å². The molecule has 0 aliphatic carbocycles. The Balaban J connectivity index is 2.54. The molecule has 0 radical (unpaired) electrons. The summed E-state index contributed by atoms with van der Waals surface area (Å²) < 4.78 is 37.9. The van der Waals surface area contributed by atoms with E-state index >= 15 is 0 Å². The predicted octanol–water partition coefficient (Wildman–Crippen LogP) is 2.44. The molecule has 1 rings (SSSR count). The number of rotatable bonds is 4. The van der Waals surface area contributed by atoms with Gasteiger partial charge in [0.2, 0.25) is 0 Å². The molecule has 0 amide bonds. The molecule has 0 saturated carbocycles. The molecule has 0 aliphatic rings. The van der Waals surface area contributed by atoms with E-state index in [9.17, 15) is 13.2 Å². The molecule has 0 aromatic carbocycles. The van der Waals surface area contributed by atoms with E-state index in [1.54, 1.807) is 13.1 Å². The number of alkyl halides is 3. The molecule has 1 aromatic heterocycles. The number of hydrogen-bond donors (Lipinski definition) is 1. The molecule has 0 fully saturated rings. The Labute approximate surface area is 86.1 Å². The molecule has 86 valence electrons. The highest BCUT2D eigenvalue weighted by Crippen LogP contribution is 2.27. The van der Waals surface area contributed by atoms with E-state index in [1.807, 2.05) is 0 Å². The third kappa shape index (κ3) is 4.22. The highest BCUT2D eigenvalue weighted by Gasteiger charge is 2.31. The number of anilines is 1. The number of nitrogens with two attached hydrogens (primary N) is 1. The van der Waals surface area contributed by atoms with Gasteiger partial charge in [-0.2, -0.15) is 18.3 Å². The van der Waals surface area contributed by atoms with Crippen molar-refractivity contribution in [1.29, 1.82) is 0 Å². The van der Waals surface area contributed by atoms with Crippen molar-refractivity contribution in [2.45, 2.75) is 32.5 Å². The number of halogens is 3. The molecule has 0 aliphatic heterocycles. The standard InChI is InChI=1S/C9H14F3N3/c1-2-7(3-9(10,11)12)5-15-6-8(13)4-14-15/h4,6-7H,2-3,5,13H2,1H3. The van der Waals surface area contributed by atoms with Crippen molar-refractivity contribution in [1.82, 2.24) is 9.78 Å². The lowest BCUT2D eigenvalue weighted by atomic mass is 10.0. The molecule has 0 saturated heterocycles. The quantitative estimate of drug-likeness (QED) is 0.848. The van der Waals surface area contributed by atoms with Gasteiger partial charge in [-0.05, 0) is 5.92 Å². The molecule has 2 N–H and O–H groups in total. The van der Waals surface area contributed by atoms with E-state index in [1.165, 1.54) is 10.9 Å². The second-order valence-electron chi connectivity index (χ2n) is 3.59. The zero-order valence-corrected chi connectivity index (χ0v) is 8.46. The van der Waals surface area contributed by atoms with Crippen molar-refractivity contribution in [3.63, 3.8) is 0 Å². The number of nitrogens with zero attached hydrogens (tertiary/aromatic N) is 2. The van der Waals surface area contributed by atoms with Crippen LogP contribution in [-0.4, -0.2) is 16.0 Å². The van der Waals surface area contributed by atoms with Crippen LogP contribution >= 0.6 is 0 Å². The molecule has 1 atom stereocenters. The highest BCUT2D eigenvalue weighted by molar-refractivity contribution is 5.30. The topological polar surface area (TPSA) is 43.8 Å². The van der Waals surface area contributed by atoms with E-state index < -0.39 is 18.5 Å². The normalized spacial score (nSPS) is 14.1. The summed E-state index contributed by atoms with van der Waals surface area (Å²) in [4.78, 5) is 0. The van der Waals surface area contributed by atoms with Crippen LogP contribution in [0, 0.1) is 5.92 Å². The minimum Gasteiger partial charge on any atom is -0.396 e. The number of hydrogen-bond acceptors (Lipinski definition) is 2. The van der Waals surface area contributed by atoms with Gasteiger partial charge < -0.3 is 5.73 Å². The summed E-state index contributed by atoms with van der Waals surface area (Å²) in [6, 6.07) is 0. The second-order valence-corrected chi connectivity index (χ2v) is 3.59. The van der Waals surface area contributed by atoms with E-state index in [-0.39, 0.29) is 6.54 Å². The monoisotopic (exact) mass is 221 g/mol. The van der Waals surface area contributed by atoms with Crippen molar-refractivity contribution < 1.29 is 13.2 Å². The molecule has 3 nitrogen and oxygen atoms in total. The lowest BCUT2D eigenvalue weighted by Gasteiger charge is -2.16. The van der Waals surface area contributed by atoms with Crippen LogP contribution in [0.4, 0.5) is 18.9 Å². The average molecular weight is 221 g/mol. The molecule has 1 heterocycles. The first-order chi connectivity index (χ1) is 6.90. The lowest BCUT2D eigenvalue weighted by molar-refractivity contribution is -0.145. The second kappa shape index (κ2) is 4.55. The molecule has 6 heteroatoms. The fourth-order valence-electron chi connectivity index (χ4n) is 1.41. The summed E-state index contributed by atoms with van der Waals surface area (Å²) in [5.74, 6) is -0.440. The Morgan fingerprint density at radius 1 is 1.53 bits per heavy atom. The Hall–Kier alpha value is -1.20. The molecule has 1 aromatic rings. The minimum atomic E-state index is -4.11. The van der Waals surface area contributed by atoms with Gasteiger partial charge in [0.15, 0.2) is 0 Å². The van der Waals surface area contributed by atoms with E-state index in [0.717, 1.165) is 0 Å². The predicted molar refractivity (Wildman–Crippen MR) is 51.1 cm³/mol. The molecule has 15 heavy (non-hydrogen) atoms. The Bertz CT molecular complexity index is 306. The lowest BCUT2D eigenvalue weighted by Crippen LogP contribution is -2.19. The van der Waals surface area contributed by atoms with Gasteiger partial charge in [0.05, 0.1) is 11.9 Å². The van der Waals surface area contributed by atoms with Crippen LogP contribution in [0.1, 0.15) is 19.8 Å². The van der Waals surface area contributed by atoms with Crippen LogP contribution in [0.25, 0.3) is 0 Å². The van der Waals surface area contributed by atoms with Crippen LogP contribution in [0.2, 0.25) is 0 Å². The summed E-state index contributed by atoms with van der Waals surface area (Å²) in [5, 5.41) is 3.86. The zero-order chi connectivity index (χ0) is 11.5. The summed E-state index contributed by atoms with van der Waals surface area (Å²) in [6.07, 6.45) is -1.44. The van der Waals surface area contributed by atoms with Crippen molar-refractivity contribution in [3.8, 4) is 0 Å². The first-order valence-corrected chi connectivity index (χ1v) is 4.75. The first-order valence-electron chi connectivity index (χ1n) is 4.75. The third-order valence-electron chi connectivity index (χ3n) is 2.20. The molecule has 1 unspecified atom stereocenters. The summed E-state index contributed by atoms with van der Waals surface area (Å²) in [7, 11) is 0. The molecular formula is C9H14F3N3. The minimum absolute atomic E-state index is 0.257. The van der Waals surface area contributed by atoms with Crippen molar-refractivity contribution in [2.24, 2.45) is 5.92 Å². The maximum Gasteiger partial charge on any atom is 0.389 e. The van der Waals surface area contributed by atoms with E-state index in [2.05, 4.69) is 5.10 Å². The van der Waals surface area contributed by atoms with Crippen LogP contribution in [-0.2, 0) is 6.54 Å². The van der Waals surface area contributed by atoms with Crippen LogP contribution in [0.15, 0.2) is 12.4 Å². The van der Waals surface area contributed by atoms with Gasteiger partial charge in [0.25, 0.3) is 0 Å². The van der Waals surface area contributed by atoms with Gasteiger partial charge in [0, 0.05) is 19.2 Å². The highest BCUT2D eigenvalue weighted by atomic mass is 19.4. The summed E-state index contributed by atoms with van der Waals surface area (Å²) in [6.45, 7) is 2.00. The smallest absolute Gasteiger partial charge is 0.389 e. The van der Waals surface area contributed by atoms with E-state index in [0.29, 0.717) is 12.1 Å². The van der Waals surface area contributed by atoms with Gasteiger partial charge in [-0.15, -0.1) is 0 Å². The Morgan fingerprint density at radius 2 is 2.20 bits per heavy atom. The fourth-order valence-corrected chi connectivity index (χ4v) is 1.41. The first kappa shape index (κ1) is 11.9. The van der Waals surface area contributed by atoms with Gasteiger partial charge in [-0.25, -0.2) is 0 Å². The van der Waals surface area contributed by atoms with Crippen molar-refractivity contribution in [2.75, 3.05) is 5.73 Å². The van der Waals surface area contributed by atoms with Gasteiger partial charge in [-0.3, -0.25) is 4.68 Å². The Morgan fingerprint density at radius 3 is 2.60 bits per heavy atom. The maximum atomic E-state index is 12.1. The average Bonchev–Trinajstić information content (AvgIpc) is 2.47. The van der Waals surface area contributed by atoms with Crippen LogP contribution < -0.4 is 5.73 Å². The zero-order valence-electron chi connectivity index (χ0n) is 8.46. The van der Waals surface area contributed by atoms with Crippen LogP contribution in [0.5, 0.6) is 0 Å². The third-order valence-corrected chi connectivity index (χ3v) is 2.20. The maximum absolute atomic E-state index is 12.1. The fraction of sp³-hybridized carbons (Fsp3) is 0.667. The van der Waals surface area contributed by atoms with Gasteiger partial charge in [0.1, 0.15) is 0 Å². The van der Waals surface area contributed by atoms with E-state index in [4.69, 9.17) is 5.73 Å². The van der Waals surface area contributed by atoms with Gasteiger partial charge >= 0.3 is 6.18 Å². The Kier molecular flexibility index (Phi) is 3.60. The van der Waals surface area contributed by atoms with Crippen molar-refractivity contribution >= 4 is 5.69 Å². The number of nitrogen functional groups attached to an aromatic ring is 1. The number of aromatic nitrogens is 2. The molecular weight excluding hydrogens is 207 g/mol.